The molecule has 3 heterocycles. The van der Waals surface area contributed by atoms with Crippen LogP contribution in [0.2, 0.25) is 5.02 Å². The Hall–Kier alpha value is -3.62. The first kappa shape index (κ1) is 25.0. The lowest BCUT2D eigenvalue weighted by Crippen LogP contribution is -2.58. The van der Waals surface area contributed by atoms with Crippen molar-refractivity contribution in [1.29, 1.82) is 0 Å². The molecule has 0 radical (unpaired) electrons. The second-order valence-electron chi connectivity index (χ2n) is 9.23. The van der Waals surface area contributed by atoms with Gasteiger partial charge >= 0.3 is 0 Å². The molecule has 2 aliphatic heterocycles. The molecule has 2 aromatic carbocycles. The molecule has 3 aromatic rings. The first-order valence-corrected chi connectivity index (χ1v) is 12.8. The van der Waals surface area contributed by atoms with E-state index in [0.29, 0.717) is 22.9 Å². The first-order chi connectivity index (χ1) is 18.0. The molecule has 1 atom stereocenters. The summed E-state index contributed by atoms with van der Waals surface area (Å²) in [6.07, 6.45) is 1.11. The van der Waals surface area contributed by atoms with Gasteiger partial charge in [0.15, 0.2) is 0 Å². The van der Waals surface area contributed by atoms with Crippen LogP contribution in [0.1, 0.15) is 22.8 Å². The Labute approximate surface area is 222 Å². The molecule has 0 aliphatic carbocycles. The van der Waals surface area contributed by atoms with E-state index in [9.17, 15) is 9.59 Å². The summed E-state index contributed by atoms with van der Waals surface area (Å²) in [6.45, 7) is 5.46. The topological polar surface area (TPSA) is 69.2 Å². The number of amides is 2. The highest BCUT2D eigenvalue weighted by Gasteiger charge is 2.39. The summed E-state index contributed by atoms with van der Waals surface area (Å²) >= 11 is 6.39. The van der Waals surface area contributed by atoms with E-state index in [4.69, 9.17) is 16.3 Å². The third-order valence-electron chi connectivity index (χ3n) is 7.06. The molecule has 1 unspecified atom stereocenters. The number of ether oxygens (including phenoxy) is 1. The Balaban J connectivity index is 1.32. The number of pyridine rings is 1. The minimum atomic E-state index is -0.506. The molecule has 192 valence electrons. The summed E-state index contributed by atoms with van der Waals surface area (Å²) in [5.74, 6) is 1.01. The van der Waals surface area contributed by atoms with Crippen LogP contribution in [0.25, 0.3) is 0 Å². The van der Waals surface area contributed by atoms with Gasteiger partial charge in [0.1, 0.15) is 17.7 Å². The third-order valence-corrected chi connectivity index (χ3v) is 7.42. The Morgan fingerprint density at radius 1 is 1.03 bits per heavy atom. The molecular formula is C28H30ClN5O3. The molecule has 1 fully saturated rings. The summed E-state index contributed by atoms with van der Waals surface area (Å²) in [5, 5.41) is 0.588. The molecular weight excluding hydrogens is 490 g/mol. The zero-order valence-corrected chi connectivity index (χ0v) is 21.8. The molecule has 37 heavy (non-hydrogen) atoms. The SMILES string of the molecule is COc1ccccc1N1CCN(CC(=O)N2c3ncccc3C(=O)N(Cc3ccccc3Cl)C2C)CC1. The highest BCUT2D eigenvalue weighted by Crippen LogP contribution is 2.32. The number of hydrogen-bond acceptors (Lipinski definition) is 6. The summed E-state index contributed by atoms with van der Waals surface area (Å²) in [4.78, 5) is 39.3. The van der Waals surface area contributed by atoms with Crippen LogP contribution in [-0.4, -0.2) is 72.6 Å². The monoisotopic (exact) mass is 519 g/mol. The van der Waals surface area contributed by atoms with Crippen LogP contribution in [-0.2, 0) is 11.3 Å². The van der Waals surface area contributed by atoms with Crippen LogP contribution in [0.3, 0.4) is 0 Å². The number of anilines is 2. The maximum atomic E-state index is 13.7. The normalized spacial score (nSPS) is 18.1. The van der Waals surface area contributed by atoms with Gasteiger partial charge in [-0.1, -0.05) is 41.9 Å². The highest BCUT2D eigenvalue weighted by atomic mass is 35.5. The summed E-state index contributed by atoms with van der Waals surface area (Å²) in [5.41, 5.74) is 2.31. The number of halogens is 1. The highest BCUT2D eigenvalue weighted by molar-refractivity contribution is 6.31. The molecule has 2 aliphatic rings. The van der Waals surface area contributed by atoms with Crippen molar-refractivity contribution in [3.63, 3.8) is 0 Å². The molecule has 0 bridgehead atoms. The summed E-state index contributed by atoms with van der Waals surface area (Å²) in [7, 11) is 1.68. The number of hydrogen-bond donors (Lipinski definition) is 0. The predicted octanol–water partition coefficient (Wildman–Crippen LogP) is 3.90. The Kier molecular flexibility index (Phi) is 7.30. The van der Waals surface area contributed by atoms with Crippen molar-refractivity contribution >= 4 is 34.9 Å². The van der Waals surface area contributed by atoms with Crippen LogP contribution < -0.4 is 14.5 Å². The number of carbonyl (C=O) groups excluding carboxylic acids is 2. The van der Waals surface area contributed by atoms with E-state index in [0.717, 1.165) is 43.2 Å². The minimum absolute atomic E-state index is 0.0881. The van der Waals surface area contributed by atoms with Crippen molar-refractivity contribution in [3.05, 3.63) is 83.0 Å². The maximum Gasteiger partial charge on any atom is 0.259 e. The van der Waals surface area contributed by atoms with Crippen LogP contribution >= 0.6 is 11.6 Å². The van der Waals surface area contributed by atoms with E-state index in [1.807, 2.05) is 43.3 Å². The van der Waals surface area contributed by atoms with Crippen molar-refractivity contribution < 1.29 is 14.3 Å². The van der Waals surface area contributed by atoms with E-state index in [1.165, 1.54) is 0 Å². The lowest BCUT2D eigenvalue weighted by atomic mass is 10.1. The lowest BCUT2D eigenvalue weighted by Gasteiger charge is -2.43. The number of piperazine rings is 1. The van der Waals surface area contributed by atoms with Crippen LogP contribution in [0.5, 0.6) is 5.75 Å². The number of carbonyl (C=O) groups is 2. The van der Waals surface area contributed by atoms with Gasteiger partial charge in [0.2, 0.25) is 5.91 Å². The zero-order valence-electron chi connectivity index (χ0n) is 21.0. The molecule has 5 rings (SSSR count). The Morgan fingerprint density at radius 2 is 1.76 bits per heavy atom. The van der Waals surface area contributed by atoms with Crippen molar-refractivity contribution in [2.45, 2.75) is 19.6 Å². The standard InChI is InChI=1S/C28H30ClN5O3/c1-20-33(18-21-8-3-4-10-23(21)29)28(36)22-9-7-13-30-27(22)34(20)26(35)19-31-14-16-32(17-15-31)24-11-5-6-12-25(24)37-2/h3-13,20H,14-19H2,1-2H3. The number of rotatable bonds is 6. The van der Waals surface area contributed by atoms with E-state index in [2.05, 4.69) is 20.9 Å². The van der Waals surface area contributed by atoms with Gasteiger partial charge in [-0.3, -0.25) is 19.4 Å². The number of nitrogens with zero attached hydrogens (tertiary/aromatic N) is 5. The fourth-order valence-corrected chi connectivity index (χ4v) is 5.24. The molecule has 0 saturated carbocycles. The quantitative estimate of drug-likeness (QED) is 0.492. The average molecular weight is 520 g/mol. The molecule has 2 amide bonds. The Morgan fingerprint density at radius 3 is 2.51 bits per heavy atom. The predicted molar refractivity (Wildman–Crippen MR) is 144 cm³/mol. The summed E-state index contributed by atoms with van der Waals surface area (Å²) in [6, 6.07) is 18.9. The largest absolute Gasteiger partial charge is 0.495 e. The maximum absolute atomic E-state index is 13.7. The van der Waals surface area contributed by atoms with Crippen molar-refractivity contribution in [1.82, 2.24) is 14.8 Å². The third kappa shape index (κ3) is 4.99. The van der Waals surface area contributed by atoms with E-state index in [-0.39, 0.29) is 18.4 Å². The molecule has 0 spiro atoms. The van der Waals surface area contributed by atoms with Gasteiger partial charge < -0.3 is 14.5 Å². The molecule has 0 N–H and O–H groups in total. The molecule has 9 heteroatoms. The molecule has 8 nitrogen and oxygen atoms in total. The van der Waals surface area contributed by atoms with Crippen molar-refractivity contribution in [2.24, 2.45) is 0 Å². The number of aromatic nitrogens is 1. The lowest BCUT2D eigenvalue weighted by molar-refractivity contribution is -0.121. The van der Waals surface area contributed by atoms with Gasteiger partial charge in [-0.05, 0) is 42.8 Å². The number of methoxy groups -OCH3 is 1. The second-order valence-corrected chi connectivity index (χ2v) is 9.64. The van der Waals surface area contributed by atoms with Gasteiger partial charge in [0.25, 0.3) is 5.91 Å². The van der Waals surface area contributed by atoms with Gasteiger partial charge in [0.05, 0.1) is 24.9 Å². The van der Waals surface area contributed by atoms with E-state index < -0.39 is 6.17 Å². The van der Waals surface area contributed by atoms with Crippen LogP contribution in [0, 0.1) is 0 Å². The summed E-state index contributed by atoms with van der Waals surface area (Å²) < 4.78 is 5.52. The smallest absolute Gasteiger partial charge is 0.259 e. The average Bonchev–Trinajstić information content (AvgIpc) is 2.92. The minimum Gasteiger partial charge on any atom is -0.495 e. The first-order valence-electron chi connectivity index (χ1n) is 12.4. The number of para-hydroxylation sites is 2. The van der Waals surface area contributed by atoms with Gasteiger partial charge in [-0.2, -0.15) is 0 Å². The van der Waals surface area contributed by atoms with E-state index in [1.54, 1.807) is 41.3 Å². The van der Waals surface area contributed by atoms with Gasteiger partial charge in [0, 0.05) is 43.9 Å². The van der Waals surface area contributed by atoms with E-state index >= 15 is 0 Å². The number of benzene rings is 2. The molecule has 1 aromatic heterocycles. The second kappa shape index (κ2) is 10.8. The fourth-order valence-electron chi connectivity index (χ4n) is 5.04. The van der Waals surface area contributed by atoms with Crippen molar-refractivity contribution in [3.8, 4) is 5.75 Å². The van der Waals surface area contributed by atoms with Crippen LogP contribution in [0.4, 0.5) is 11.5 Å². The van der Waals surface area contributed by atoms with Gasteiger partial charge in [-0.15, -0.1) is 0 Å². The van der Waals surface area contributed by atoms with Crippen LogP contribution in [0.15, 0.2) is 66.9 Å². The number of fused-ring (bicyclic) bond motifs is 1. The van der Waals surface area contributed by atoms with Gasteiger partial charge in [-0.25, -0.2) is 4.98 Å². The van der Waals surface area contributed by atoms with Crippen molar-refractivity contribution in [2.75, 3.05) is 49.6 Å². The molecule has 1 saturated heterocycles. The Bertz CT molecular complexity index is 1290. The zero-order chi connectivity index (χ0) is 25.9. The fraction of sp³-hybridized carbons (Fsp3) is 0.321.